The van der Waals surface area contributed by atoms with Gasteiger partial charge in [0, 0.05) is 35.7 Å². The molecule has 6 nitrogen and oxygen atoms in total. The highest BCUT2D eigenvalue weighted by atomic mass is 16.6. The molecule has 1 aromatic heterocycles. The Balaban J connectivity index is 1.88. The van der Waals surface area contributed by atoms with Crippen molar-refractivity contribution in [1.82, 2.24) is 4.98 Å². The molecule has 0 N–H and O–H groups in total. The molecule has 0 aliphatic rings. The van der Waals surface area contributed by atoms with E-state index in [1.165, 1.54) is 24.3 Å². The first-order chi connectivity index (χ1) is 12.1. The van der Waals surface area contributed by atoms with Gasteiger partial charge in [0.1, 0.15) is 0 Å². The summed E-state index contributed by atoms with van der Waals surface area (Å²) >= 11 is 0. The summed E-state index contributed by atoms with van der Waals surface area (Å²) in [5, 5.41) is 21.1. The number of nitro groups is 1. The average Bonchev–Trinajstić information content (AvgIpc) is 2.65. The molecule has 3 aromatic rings. The predicted molar refractivity (Wildman–Crippen MR) is 92.1 cm³/mol. The summed E-state index contributed by atoms with van der Waals surface area (Å²) < 4.78 is 0. The number of aromatic nitrogens is 1. The monoisotopic (exact) mass is 331 g/mol. The fourth-order valence-corrected chi connectivity index (χ4v) is 2.73. The van der Waals surface area contributed by atoms with E-state index in [1.807, 2.05) is 24.3 Å². The smallest absolute Gasteiger partial charge is 0.269 e. The largest absolute Gasteiger partial charge is 0.294 e. The Morgan fingerprint density at radius 1 is 1.16 bits per heavy atom. The summed E-state index contributed by atoms with van der Waals surface area (Å²) in [7, 11) is 0. The highest BCUT2D eigenvalue weighted by molar-refractivity contribution is 5.97. The molecule has 0 saturated heterocycles. The third-order valence-electron chi connectivity index (χ3n) is 4.00. The van der Waals surface area contributed by atoms with Gasteiger partial charge in [-0.15, -0.1) is 0 Å². The molecule has 0 saturated carbocycles. The first kappa shape index (κ1) is 16.3. The highest BCUT2D eigenvalue weighted by Gasteiger charge is 2.19. The number of non-ortho nitro benzene ring substituents is 1. The molecule has 0 spiro atoms. The summed E-state index contributed by atoms with van der Waals surface area (Å²) in [5.41, 5.74) is 1.80. The Labute approximate surface area is 143 Å². The van der Waals surface area contributed by atoms with Crippen LogP contribution >= 0.6 is 0 Å². The van der Waals surface area contributed by atoms with Crippen LogP contribution in [-0.2, 0) is 0 Å². The topological polar surface area (TPSA) is 96.9 Å². The minimum absolute atomic E-state index is 0.00230. The maximum atomic E-state index is 12.5. The van der Waals surface area contributed by atoms with Crippen molar-refractivity contribution in [3.63, 3.8) is 0 Å². The Morgan fingerprint density at radius 3 is 2.60 bits per heavy atom. The molecule has 1 heterocycles. The summed E-state index contributed by atoms with van der Waals surface area (Å²) in [5.74, 6) is -0.849. The van der Waals surface area contributed by atoms with Gasteiger partial charge in [-0.1, -0.05) is 18.2 Å². The first-order valence-corrected chi connectivity index (χ1v) is 7.61. The maximum Gasteiger partial charge on any atom is 0.269 e. The van der Waals surface area contributed by atoms with Gasteiger partial charge in [0.25, 0.3) is 5.69 Å². The van der Waals surface area contributed by atoms with Gasteiger partial charge in [-0.3, -0.25) is 19.9 Å². The van der Waals surface area contributed by atoms with Gasteiger partial charge in [-0.2, -0.15) is 5.26 Å². The summed E-state index contributed by atoms with van der Waals surface area (Å²) in [4.78, 5) is 26.9. The molecule has 0 fully saturated rings. The second kappa shape index (κ2) is 6.89. The second-order valence-electron chi connectivity index (χ2n) is 5.53. The Morgan fingerprint density at radius 2 is 1.92 bits per heavy atom. The van der Waals surface area contributed by atoms with Crippen LogP contribution in [0.4, 0.5) is 5.69 Å². The molecular formula is C19H13N3O3. The van der Waals surface area contributed by atoms with Crippen molar-refractivity contribution in [2.45, 2.75) is 12.3 Å². The fourth-order valence-electron chi connectivity index (χ4n) is 2.73. The zero-order valence-electron chi connectivity index (χ0n) is 13.1. The number of rotatable bonds is 5. The number of pyridine rings is 1. The number of hydrogen-bond acceptors (Lipinski definition) is 5. The molecule has 0 aliphatic carbocycles. The minimum atomic E-state index is -0.615. The van der Waals surface area contributed by atoms with Crippen LogP contribution in [0, 0.1) is 21.4 Å². The lowest BCUT2D eigenvalue weighted by Crippen LogP contribution is -2.07. The van der Waals surface area contributed by atoms with Crippen LogP contribution in [0.1, 0.15) is 28.3 Å². The number of ketones is 1. The Hall–Kier alpha value is -3.59. The number of Topliss-reactive ketones (excluding diaryl/α,β-unsaturated/α-hetero) is 1. The number of nitrogens with zero attached hydrogens (tertiary/aromatic N) is 3. The first-order valence-electron chi connectivity index (χ1n) is 7.61. The van der Waals surface area contributed by atoms with Crippen LogP contribution < -0.4 is 0 Å². The van der Waals surface area contributed by atoms with Crippen molar-refractivity contribution in [2.24, 2.45) is 0 Å². The van der Waals surface area contributed by atoms with Crippen LogP contribution in [0.15, 0.2) is 60.8 Å². The molecule has 25 heavy (non-hydrogen) atoms. The molecule has 1 atom stereocenters. The van der Waals surface area contributed by atoms with Crippen LogP contribution in [0.25, 0.3) is 10.9 Å². The SMILES string of the molecule is N#CC(CC(=O)c1ccc([N+](=O)[O-])cc1)c1cccc2ncccc12. The average molecular weight is 331 g/mol. The zero-order valence-corrected chi connectivity index (χ0v) is 13.1. The second-order valence-corrected chi connectivity index (χ2v) is 5.53. The van der Waals surface area contributed by atoms with Crippen LogP contribution in [0.2, 0.25) is 0 Å². The van der Waals surface area contributed by atoms with Gasteiger partial charge in [-0.05, 0) is 29.8 Å². The third-order valence-corrected chi connectivity index (χ3v) is 4.00. The van der Waals surface area contributed by atoms with Gasteiger partial charge < -0.3 is 0 Å². The van der Waals surface area contributed by atoms with E-state index in [2.05, 4.69) is 11.1 Å². The van der Waals surface area contributed by atoms with Crippen LogP contribution in [-0.4, -0.2) is 15.7 Å². The van der Waals surface area contributed by atoms with E-state index >= 15 is 0 Å². The number of nitro benzene ring substituents is 1. The molecule has 6 heteroatoms. The van der Waals surface area contributed by atoms with Crippen LogP contribution in [0.3, 0.4) is 0 Å². The van der Waals surface area contributed by atoms with E-state index in [0.29, 0.717) is 5.56 Å². The number of benzene rings is 2. The lowest BCUT2D eigenvalue weighted by atomic mass is 9.90. The van der Waals surface area contributed by atoms with Crippen molar-refractivity contribution in [1.29, 1.82) is 5.26 Å². The van der Waals surface area contributed by atoms with Crippen molar-refractivity contribution in [2.75, 3.05) is 0 Å². The number of carbonyl (C=O) groups excluding carboxylic acids is 1. The lowest BCUT2D eigenvalue weighted by Gasteiger charge is -2.11. The molecule has 0 amide bonds. The number of fused-ring (bicyclic) bond motifs is 1. The fraction of sp³-hybridized carbons (Fsp3) is 0.105. The Kier molecular flexibility index (Phi) is 4.48. The van der Waals surface area contributed by atoms with Gasteiger partial charge >= 0.3 is 0 Å². The molecule has 1 unspecified atom stereocenters. The number of hydrogen-bond donors (Lipinski definition) is 0. The van der Waals surface area contributed by atoms with Gasteiger partial charge in [0.2, 0.25) is 0 Å². The molecule has 122 valence electrons. The maximum absolute atomic E-state index is 12.5. The van der Waals surface area contributed by atoms with E-state index in [9.17, 15) is 20.2 Å². The Bertz CT molecular complexity index is 985. The summed E-state index contributed by atoms with van der Waals surface area (Å²) in [6.45, 7) is 0. The number of carbonyl (C=O) groups is 1. The minimum Gasteiger partial charge on any atom is -0.294 e. The molecule has 3 rings (SSSR count). The highest BCUT2D eigenvalue weighted by Crippen LogP contribution is 2.28. The molecule has 0 radical (unpaired) electrons. The zero-order chi connectivity index (χ0) is 17.8. The third kappa shape index (κ3) is 3.35. The summed E-state index contributed by atoms with van der Waals surface area (Å²) in [6, 6.07) is 16.7. The number of nitriles is 1. The van der Waals surface area contributed by atoms with E-state index < -0.39 is 10.8 Å². The van der Waals surface area contributed by atoms with Gasteiger partial charge in [0.15, 0.2) is 5.78 Å². The van der Waals surface area contributed by atoms with Crippen LogP contribution in [0.5, 0.6) is 0 Å². The van der Waals surface area contributed by atoms with Gasteiger partial charge in [-0.25, -0.2) is 0 Å². The van der Waals surface area contributed by atoms with Crippen molar-refractivity contribution in [3.05, 3.63) is 82.0 Å². The quantitative estimate of drug-likeness (QED) is 0.399. The van der Waals surface area contributed by atoms with E-state index in [4.69, 9.17) is 0 Å². The van der Waals surface area contributed by atoms with Gasteiger partial charge in [0.05, 0.1) is 22.4 Å². The van der Waals surface area contributed by atoms with E-state index in [1.54, 1.807) is 12.3 Å². The molecule has 0 bridgehead atoms. The molecule has 0 aliphatic heterocycles. The van der Waals surface area contributed by atoms with E-state index in [0.717, 1.165) is 16.5 Å². The normalized spacial score (nSPS) is 11.6. The summed E-state index contributed by atoms with van der Waals surface area (Å²) in [6.07, 6.45) is 1.68. The molecule has 2 aromatic carbocycles. The van der Waals surface area contributed by atoms with E-state index in [-0.39, 0.29) is 17.9 Å². The molecular weight excluding hydrogens is 318 g/mol. The lowest BCUT2D eigenvalue weighted by molar-refractivity contribution is -0.384. The van der Waals surface area contributed by atoms with Crippen molar-refractivity contribution < 1.29 is 9.72 Å². The standard InChI is InChI=1S/C19H13N3O3/c20-12-14(16-3-1-5-18-17(16)4-2-10-21-18)11-19(23)13-6-8-15(9-7-13)22(24)25/h1-10,14H,11H2. The van der Waals surface area contributed by atoms with Crippen molar-refractivity contribution in [3.8, 4) is 6.07 Å². The van der Waals surface area contributed by atoms with Crippen molar-refractivity contribution >= 4 is 22.4 Å². The predicted octanol–water partition coefficient (Wildman–Crippen LogP) is 4.02.